The largest absolute Gasteiger partial charge is 0.387 e. The molecule has 0 aromatic carbocycles. The summed E-state index contributed by atoms with van der Waals surface area (Å²) in [7, 11) is 1.70. The summed E-state index contributed by atoms with van der Waals surface area (Å²) in [5, 5.41) is 15.3. The van der Waals surface area contributed by atoms with Gasteiger partial charge in [-0.3, -0.25) is 4.68 Å². The van der Waals surface area contributed by atoms with E-state index in [1.807, 2.05) is 11.6 Å². The van der Waals surface area contributed by atoms with Crippen LogP contribution in [-0.4, -0.2) is 33.7 Å². The van der Waals surface area contributed by atoms with Crippen molar-refractivity contribution >= 4 is 0 Å². The van der Waals surface area contributed by atoms with Crippen molar-refractivity contribution in [1.29, 1.82) is 0 Å². The highest BCUT2D eigenvalue weighted by Crippen LogP contribution is 2.33. The Kier molecular flexibility index (Phi) is 4.07. The zero-order chi connectivity index (χ0) is 13.2. The monoisotopic (exact) mass is 252 g/mol. The molecule has 1 aromatic rings. The number of hydrogen-bond donors (Lipinski definition) is 1. The summed E-state index contributed by atoms with van der Waals surface area (Å²) in [6.45, 7) is 4.92. The molecule has 4 heteroatoms. The van der Waals surface area contributed by atoms with E-state index >= 15 is 0 Å². The van der Waals surface area contributed by atoms with Gasteiger partial charge in [0.25, 0.3) is 0 Å². The quantitative estimate of drug-likeness (QED) is 0.892. The van der Waals surface area contributed by atoms with Crippen molar-refractivity contribution in [3.05, 3.63) is 17.5 Å². The third kappa shape index (κ3) is 2.59. The zero-order valence-corrected chi connectivity index (χ0v) is 11.6. The van der Waals surface area contributed by atoms with E-state index in [4.69, 9.17) is 4.74 Å². The van der Waals surface area contributed by atoms with Crippen LogP contribution in [-0.2, 0) is 17.7 Å². The fourth-order valence-corrected chi connectivity index (χ4v) is 3.06. The molecule has 18 heavy (non-hydrogen) atoms. The third-order valence-corrected chi connectivity index (χ3v) is 3.98. The standard InChI is InChI=1S/C14H24N2O2/c1-4-16-12(9-11(2)15-16)10-14(17)8-6-5-7-13(14)18-3/h9,13,17H,4-8,10H2,1-3H3. The minimum atomic E-state index is -0.730. The molecule has 1 aromatic heterocycles. The number of aliphatic hydroxyl groups is 1. The highest BCUT2D eigenvalue weighted by atomic mass is 16.5. The van der Waals surface area contributed by atoms with Gasteiger partial charge in [-0.15, -0.1) is 0 Å². The van der Waals surface area contributed by atoms with Crippen molar-refractivity contribution in [1.82, 2.24) is 9.78 Å². The van der Waals surface area contributed by atoms with Crippen molar-refractivity contribution in [3.8, 4) is 0 Å². The van der Waals surface area contributed by atoms with Gasteiger partial charge in [-0.05, 0) is 32.8 Å². The van der Waals surface area contributed by atoms with Crippen molar-refractivity contribution < 1.29 is 9.84 Å². The number of nitrogens with zero attached hydrogens (tertiary/aromatic N) is 2. The Morgan fingerprint density at radius 3 is 3.00 bits per heavy atom. The van der Waals surface area contributed by atoms with Crippen LogP contribution in [0.25, 0.3) is 0 Å². The second-order valence-corrected chi connectivity index (χ2v) is 5.34. The number of hydrogen-bond acceptors (Lipinski definition) is 3. The normalized spacial score (nSPS) is 28.6. The topological polar surface area (TPSA) is 47.3 Å². The van der Waals surface area contributed by atoms with Crippen molar-refractivity contribution in [2.45, 2.75) is 64.2 Å². The highest BCUT2D eigenvalue weighted by molar-refractivity contribution is 5.13. The first-order chi connectivity index (χ1) is 8.59. The van der Waals surface area contributed by atoms with Crippen LogP contribution in [0.15, 0.2) is 6.07 Å². The molecule has 102 valence electrons. The van der Waals surface area contributed by atoms with E-state index in [9.17, 15) is 5.11 Å². The molecule has 0 saturated heterocycles. The van der Waals surface area contributed by atoms with E-state index in [1.54, 1.807) is 7.11 Å². The first-order valence-corrected chi connectivity index (χ1v) is 6.87. The minimum absolute atomic E-state index is 0.0493. The van der Waals surface area contributed by atoms with Gasteiger partial charge in [-0.25, -0.2) is 0 Å². The van der Waals surface area contributed by atoms with Crippen LogP contribution in [0.1, 0.15) is 44.0 Å². The second-order valence-electron chi connectivity index (χ2n) is 5.34. The van der Waals surface area contributed by atoms with Crippen LogP contribution in [0.4, 0.5) is 0 Å². The van der Waals surface area contributed by atoms with Gasteiger partial charge in [0.2, 0.25) is 0 Å². The molecule has 0 radical (unpaired) electrons. The van der Waals surface area contributed by atoms with Gasteiger partial charge in [-0.2, -0.15) is 5.10 Å². The molecule has 1 aliphatic carbocycles. The highest BCUT2D eigenvalue weighted by Gasteiger charge is 2.39. The van der Waals surface area contributed by atoms with Crippen molar-refractivity contribution in [3.63, 3.8) is 0 Å². The maximum Gasteiger partial charge on any atom is 0.0963 e. The Labute approximate surface area is 109 Å². The number of ether oxygens (including phenoxy) is 1. The van der Waals surface area contributed by atoms with Crippen molar-refractivity contribution in [2.24, 2.45) is 0 Å². The molecule has 0 aliphatic heterocycles. The Balaban J connectivity index is 2.19. The summed E-state index contributed by atoms with van der Waals surface area (Å²) < 4.78 is 7.46. The molecule has 0 spiro atoms. The molecule has 2 atom stereocenters. The van der Waals surface area contributed by atoms with Gasteiger partial charge in [-0.1, -0.05) is 12.8 Å². The maximum absolute atomic E-state index is 10.8. The Bertz CT molecular complexity index is 402. The predicted octanol–water partition coefficient (Wildman–Crippen LogP) is 2.07. The molecular formula is C14H24N2O2. The van der Waals surface area contributed by atoms with Gasteiger partial charge in [0.1, 0.15) is 0 Å². The fourth-order valence-electron chi connectivity index (χ4n) is 3.06. The lowest BCUT2D eigenvalue weighted by Crippen LogP contribution is -2.48. The number of methoxy groups -OCH3 is 1. The molecule has 2 unspecified atom stereocenters. The average Bonchev–Trinajstić information content (AvgIpc) is 2.69. The van der Waals surface area contributed by atoms with Crippen LogP contribution in [0.2, 0.25) is 0 Å². The summed E-state index contributed by atoms with van der Waals surface area (Å²) in [6, 6.07) is 2.07. The van der Waals surface area contributed by atoms with Crippen LogP contribution < -0.4 is 0 Å². The predicted molar refractivity (Wildman–Crippen MR) is 70.6 cm³/mol. The maximum atomic E-state index is 10.8. The van der Waals surface area contributed by atoms with E-state index in [-0.39, 0.29) is 6.10 Å². The van der Waals surface area contributed by atoms with Gasteiger partial charge in [0.05, 0.1) is 17.4 Å². The summed E-state index contributed by atoms with van der Waals surface area (Å²) in [5.41, 5.74) is 1.40. The lowest BCUT2D eigenvalue weighted by Gasteiger charge is -2.39. The number of aromatic nitrogens is 2. The van der Waals surface area contributed by atoms with Gasteiger partial charge >= 0.3 is 0 Å². The van der Waals surface area contributed by atoms with Crippen LogP contribution in [0.5, 0.6) is 0 Å². The Morgan fingerprint density at radius 2 is 2.33 bits per heavy atom. The summed E-state index contributed by atoms with van der Waals surface area (Å²) >= 11 is 0. The van der Waals surface area contributed by atoms with Crippen LogP contribution >= 0.6 is 0 Å². The first kappa shape index (κ1) is 13.6. The summed E-state index contributed by atoms with van der Waals surface area (Å²) in [6.07, 6.45) is 4.58. The molecule has 1 aliphatic rings. The van der Waals surface area contributed by atoms with E-state index in [2.05, 4.69) is 18.1 Å². The number of aryl methyl sites for hydroxylation is 2. The fraction of sp³-hybridized carbons (Fsp3) is 0.786. The smallest absolute Gasteiger partial charge is 0.0963 e. The molecule has 4 nitrogen and oxygen atoms in total. The van der Waals surface area contributed by atoms with Crippen LogP contribution in [0, 0.1) is 6.92 Å². The summed E-state index contributed by atoms with van der Waals surface area (Å²) in [4.78, 5) is 0. The van der Waals surface area contributed by atoms with Gasteiger partial charge < -0.3 is 9.84 Å². The van der Waals surface area contributed by atoms with E-state index < -0.39 is 5.60 Å². The van der Waals surface area contributed by atoms with E-state index in [0.717, 1.165) is 43.6 Å². The number of rotatable bonds is 4. The zero-order valence-electron chi connectivity index (χ0n) is 11.6. The summed E-state index contributed by atoms with van der Waals surface area (Å²) in [5.74, 6) is 0. The average molecular weight is 252 g/mol. The molecular weight excluding hydrogens is 228 g/mol. The Hall–Kier alpha value is -0.870. The molecule has 1 heterocycles. The molecule has 1 saturated carbocycles. The lowest BCUT2D eigenvalue weighted by atomic mass is 9.79. The van der Waals surface area contributed by atoms with Crippen LogP contribution in [0.3, 0.4) is 0 Å². The van der Waals surface area contributed by atoms with Gasteiger partial charge in [0.15, 0.2) is 0 Å². The molecule has 1 fully saturated rings. The molecule has 0 bridgehead atoms. The SMILES string of the molecule is CCn1nc(C)cc1CC1(O)CCCCC1OC. The van der Waals surface area contributed by atoms with Gasteiger partial charge in [0, 0.05) is 25.8 Å². The molecule has 1 N–H and O–H groups in total. The Morgan fingerprint density at radius 1 is 1.56 bits per heavy atom. The molecule has 2 rings (SSSR count). The third-order valence-electron chi connectivity index (χ3n) is 3.98. The second kappa shape index (κ2) is 5.41. The molecule has 0 amide bonds. The first-order valence-electron chi connectivity index (χ1n) is 6.87. The van der Waals surface area contributed by atoms with Crippen molar-refractivity contribution in [2.75, 3.05) is 7.11 Å². The van der Waals surface area contributed by atoms with E-state index in [0.29, 0.717) is 6.42 Å². The minimum Gasteiger partial charge on any atom is -0.387 e. The van der Waals surface area contributed by atoms with E-state index in [1.165, 1.54) is 0 Å². The lowest BCUT2D eigenvalue weighted by molar-refractivity contribution is -0.116.